The first-order valence-electron chi connectivity index (χ1n) is 8.45. The zero-order valence-electron chi connectivity index (χ0n) is 13.5. The van der Waals surface area contributed by atoms with Gasteiger partial charge in [0.25, 0.3) is 0 Å². The lowest BCUT2D eigenvalue weighted by atomic mass is 9.98. The summed E-state index contributed by atoms with van der Waals surface area (Å²) in [5.41, 5.74) is 1.08. The molecule has 1 saturated heterocycles. The summed E-state index contributed by atoms with van der Waals surface area (Å²) in [6.45, 7) is 1.72. The molecule has 3 nitrogen and oxygen atoms in total. The first kappa shape index (κ1) is 15.8. The first-order valence-corrected chi connectivity index (χ1v) is 10.1. The lowest BCUT2D eigenvalue weighted by Crippen LogP contribution is -2.39. The van der Waals surface area contributed by atoms with Gasteiger partial charge >= 0.3 is 0 Å². The van der Waals surface area contributed by atoms with Gasteiger partial charge < -0.3 is 4.90 Å². The van der Waals surface area contributed by atoms with E-state index in [1.807, 2.05) is 11.0 Å². The molecule has 1 fully saturated rings. The van der Waals surface area contributed by atoms with Gasteiger partial charge in [-0.1, -0.05) is 18.2 Å². The van der Waals surface area contributed by atoms with Crippen molar-refractivity contribution in [2.24, 2.45) is 0 Å². The fourth-order valence-corrected chi connectivity index (χ4v) is 5.12. The third kappa shape index (κ3) is 3.37. The molecule has 3 heterocycles. The first-order chi connectivity index (χ1) is 11.8. The predicted octanol–water partition coefficient (Wildman–Crippen LogP) is 4.70. The van der Waals surface area contributed by atoms with E-state index in [0.717, 1.165) is 37.9 Å². The SMILES string of the molecule is O=C(CCc1cccs1)N1CCC[C@@H](c2nc3ccccc3s2)C1. The molecule has 2 aromatic heterocycles. The normalized spacial score (nSPS) is 18.2. The molecular formula is C19H20N2OS2. The Balaban J connectivity index is 1.42. The average Bonchev–Trinajstić information content (AvgIpc) is 3.29. The van der Waals surface area contributed by atoms with Gasteiger partial charge in [0.1, 0.15) is 0 Å². The van der Waals surface area contributed by atoms with Gasteiger partial charge in [0.15, 0.2) is 0 Å². The van der Waals surface area contributed by atoms with E-state index in [4.69, 9.17) is 4.98 Å². The summed E-state index contributed by atoms with van der Waals surface area (Å²) in [4.78, 5) is 20.7. The molecule has 0 aliphatic carbocycles. The molecule has 0 N–H and O–H groups in total. The standard InChI is InChI=1S/C19H20N2OS2/c22-18(10-9-15-6-4-12-23-15)21-11-3-5-14(13-21)19-20-16-7-1-2-8-17(16)24-19/h1-2,4,6-8,12,14H,3,5,9-11,13H2/t14-/m1/s1. The molecule has 24 heavy (non-hydrogen) atoms. The maximum Gasteiger partial charge on any atom is 0.222 e. The van der Waals surface area contributed by atoms with Gasteiger partial charge in [-0.2, -0.15) is 0 Å². The molecule has 0 radical (unpaired) electrons. The number of fused-ring (bicyclic) bond motifs is 1. The van der Waals surface area contributed by atoms with Crippen LogP contribution in [0.3, 0.4) is 0 Å². The number of carbonyl (C=O) groups excluding carboxylic acids is 1. The lowest BCUT2D eigenvalue weighted by Gasteiger charge is -2.32. The van der Waals surface area contributed by atoms with Gasteiger partial charge in [0.05, 0.1) is 15.2 Å². The molecule has 124 valence electrons. The van der Waals surface area contributed by atoms with Gasteiger partial charge in [-0.05, 0) is 42.8 Å². The maximum absolute atomic E-state index is 12.6. The van der Waals surface area contributed by atoms with Crippen LogP contribution in [-0.2, 0) is 11.2 Å². The monoisotopic (exact) mass is 356 g/mol. The minimum Gasteiger partial charge on any atom is -0.342 e. The maximum atomic E-state index is 12.6. The molecule has 0 bridgehead atoms. The minimum atomic E-state index is 0.286. The lowest BCUT2D eigenvalue weighted by molar-refractivity contribution is -0.132. The Morgan fingerprint density at radius 3 is 3.00 bits per heavy atom. The zero-order chi connectivity index (χ0) is 16.4. The zero-order valence-corrected chi connectivity index (χ0v) is 15.1. The molecule has 1 amide bonds. The van der Waals surface area contributed by atoms with Gasteiger partial charge in [0.2, 0.25) is 5.91 Å². The molecule has 1 atom stereocenters. The van der Waals surface area contributed by atoms with E-state index in [-0.39, 0.29) is 5.91 Å². The number of nitrogens with zero attached hydrogens (tertiary/aromatic N) is 2. The van der Waals surface area contributed by atoms with E-state index in [2.05, 4.69) is 35.7 Å². The smallest absolute Gasteiger partial charge is 0.222 e. The van der Waals surface area contributed by atoms with Crippen LogP contribution in [0.4, 0.5) is 0 Å². The number of thiophene rings is 1. The number of likely N-dealkylation sites (tertiary alicyclic amines) is 1. The molecule has 1 aliphatic rings. The number of aromatic nitrogens is 1. The predicted molar refractivity (Wildman–Crippen MR) is 101 cm³/mol. The molecule has 1 aromatic carbocycles. The minimum absolute atomic E-state index is 0.286. The van der Waals surface area contributed by atoms with Crippen molar-refractivity contribution >= 4 is 38.8 Å². The number of hydrogen-bond donors (Lipinski definition) is 0. The number of thiazole rings is 1. The largest absolute Gasteiger partial charge is 0.342 e. The molecular weight excluding hydrogens is 336 g/mol. The van der Waals surface area contributed by atoms with E-state index in [1.165, 1.54) is 14.6 Å². The van der Waals surface area contributed by atoms with Crippen molar-refractivity contribution in [3.8, 4) is 0 Å². The highest BCUT2D eigenvalue weighted by Gasteiger charge is 2.26. The van der Waals surface area contributed by atoms with Crippen molar-refractivity contribution in [1.82, 2.24) is 9.88 Å². The van der Waals surface area contributed by atoms with Gasteiger partial charge in [0, 0.05) is 30.3 Å². The molecule has 0 spiro atoms. The third-order valence-electron chi connectivity index (χ3n) is 4.60. The van der Waals surface area contributed by atoms with Crippen molar-refractivity contribution in [2.75, 3.05) is 13.1 Å². The van der Waals surface area contributed by atoms with E-state index in [9.17, 15) is 4.79 Å². The molecule has 3 aromatic rings. The summed E-state index contributed by atoms with van der Waals surface area (Å²) in [5, 5.41) is 3.26. The Bertz CT molecular complexity index is 792. The Labute approximate surface area is 150 Å². The number of amides is 1. The Kier molecular flexibility index (Phi) is 4.63. The van der Waals surface area contributed by atoms with Crippen LogP contribution in [0.1, 0.15) is 35.1 Å². The van der Waals surface area contributed by atoms with Gasteiger partial charge in [-0.3, -0.25) is 4.79 Å². The van der Waals surface area contributed by atoms with Gasteiger partial charge in [-0.15, -0.1) is 22.7 Å². The number of hydrogen-bond acceptors (Lipinski definition) is 4. The number of benzene rings is 1. The Morgan fingerprint density at radius 2 is 2.17 bits per heavy atom. The van der Waals surface area contributed by atoms with E-state index < -0.39 is 0 Å². The highest BCUT2D eigenvalue weighted by Crippen LogP contribution is 2.33. The molecule has 4 rings (SSSR count). The highest BCUT2D eigenvalue weighted by atomic mass is 32.1. The molecule has 0 saturated carbocycles. The van der Waals surface area contributed by atoms with Crippen LogP contribution in [0.25, 0.3) is 10.2 Å². The van der Waals surface area contributed by atoms with Crippen LogP contribution in [-0.4, -0.2) is 28.9 Å². The number of para-hydroxylation sites is 1. The fourth-order valence-electron chi connectivity index (χ4n) is 3.31. The molecule has 0 unspecified atom stereocenters. The second kappa shape index (κ2) is 7.03. The summed E-state index contributed by atoms with van der Waals surface area (Å²) in [7, 11) is 0. The average molecular weight is 357 g/mol. The van der Waals surface area contributed by atoms with E-state index in [1.54, 1.807) is 22.7 Å². The topological polar surface area (TPSA) is 33.2 Å². The van der Waals surface area contributed by atoms with Crippen LogP contribution in [0, 0.1) is 0 Å². The highest BCUT2D eigenvalue weighted by molar-refractivity contribution is 7.18. The van der Waals surface area contributed by atoms with Crippen molar-refractivity contribution in [1.29, 1.82) is 0 Å². The fraction of sp³-hybridized carbons (Fsp3) is 0.368. The number of aryl methyl sites for hydroxylation is 1. The van der Waals surface area contributed by atoms with Crippen LogP contribution in [0.15, 0.2) is 41.8 Å². The van der Waals surface area contributed by atoms with E-state index >= 15 is 0 Å². The Morgan fingerprint density at radius 1 is 1.25 bits per heavy atom. The Hall–Kier alpha value is -1.72. The van der Waals surface area contributed by atoms with Crippen molar-refractivity contribution < 1.29 is 4.79 Å². The van der Waals surface area contributed by atoms with Crippen LogP contribution in [0.5, 0.6) is 0 Å². The number of carbonyl (C=O) groups is 1. The summed E-state index contributed by atoms with van der Waals surface area (Å²) in [6.07, 6.45) is 3.69. The summed E-state index contributed by atoms with van der Waals surface area (Å²) in [6, 6.07) is 12.5. The van der Waals surface area contributed by atoms with E-state index in [0.29, 0.717) is 12.3 Å². The van der Waals surface area contributed by atoms with Crippen molar-refractivity contribution in [3.63, 3.8) is 0 Å². The summed E-state index contributed by atoms with van der Waals surface area (Å²) in [5.74, 6) is 0.677. The third-order valence-corrected chi connectivity index (χ3v) is 6.73. The summed E-state index contributed by atoms with van der Waals surface area (Å²) < 4.78 is 1.24. The molecule has 5 heteroatoms. The summed E-state index contributed by atoms with van der Waals surface area (Å²) >= 11 is 3.51. The van der Waals surface area contributed by atoms with Crippen molar-refractivity contribution in [2.45, 2.75) is 31.6 Å². The van der Waals surface area contributed by atoms with Crippen LogP contribution >= 0.6 is 22.7 Å². The quantitative estimate of drug-likeness (QED) is 0.679. The van der Waals surface area contributed by atoms with Crippen molar-refractivity contribution in [3.05, 3.63) is 51.7 Å². The second-order valence-corrected chi connectivity index (χ2v) is 8.37. The number of piperidine rings is 1. The second-order valence-electron chi connectivity index (χ2n) is 6.28. The molecule has 1 aliphatic heterocycles. The van der Waals surface area contributed by atoms with Gasteiger partial charge in [-0.25, -0.2) is 4.98 Å². The van der Waals surface area contributed by atoms with Crippen LogP contribution < -0.4 is 0 Å². The number of rotatable bonds is 4. The van der Waals surface area contributed by atoms with Crippen LogP contribution in [0.2, 0.25) is 0 Å².